The molecule has 1 amide bonds. The summed E-state index contributed by atoms with van der Waals surface area (Å²) < 4.78 is 6.63. The van der Waals surface area contributed by atoms with Gasteiger partial charge >= 0.3 is 0 Å². The Morgan fingerprint density at radius 2 is 1.72 bits per heavy atom. The third kappa shape index (κ3) is 8.79. The summed E-state index contributed by atoms with van der Waals surface area (Å²) in [5.41, 5.74) is 3.70. The molecule has 2 aromatic carbocycles. The molecular formula is C23H29BrN2O3. The van der Waals surface area contributed by atoms with E-state index in [-0.39, 0.29) is 0 Å². The van der Waals surface area contributed by atoms with Crippen molar-refractivity contribution in [2.75, 3.05) is 6.61 Å². The molecule has 2 rings (SSSR count). The number of carbonyl (C=O) groups excluding carboxylic acids is 1. The summed E-state index contributed by atoms with van der Waals surface area (Å²) in [6, 6.07) is 14.4. The first-order chi connectivity index (χ1) is 14.1. The molecule has 156 valence electrons. The number of hydrazone groups is 1. The van der Waals surface area contributed by atoms with E-state index in [9.17, 15) is 9.90 Å². The zero-order valence-electron chi connectivity index (χ0n) is 16.8. The number of halogens is 1. The van der Waals surface area contributed by atoms with Gasteiger partial charge in [-0.25, -0.2) is 5.43 Å². The Kier molecular flexibility index (Phi) is 10.5. The van der Waals surface area contributed by atoms with Crippen molar-refractivity contribution in [2.45, 2.75) is 51.6 Å². The van der Waals surface area contributed by atoms with Gasteiger partial charge in [0.25, 0.3) is 5.91 Å². The number of aliphatic hydroxyl groups excluding tert-OH is 1. The first kappa shape index (κ1) is 23.1. The van der Waals surface area contributed by atoms with Crippen LogP contribution in [0.3, 0.4) is 0 Å². The first-order valence-electron chi connectivity index (χ1n) is 10.1. The molecule has 29 heavy (non-hydrogen) atoms. The van der Waals surface area contributed by atoms with Crippen molar-refractivity contribution < 1.29 is 14.6 Å². The summed E-state index contributed by atoms with van der Waals surface area (Å²) in [7, 11) is 0. The molecule has 1 atom stereocenters. The average molecular weight is 461 g/mol. The van der Waals surface area contributed by atoms with Gasteiger partial charge in [-0.15, -0.1) is 0 Å². The topological polar surface area (TPSA) is 70.9 Å². The fourth-order valence-corrected chi connectivity index (χ4v) is 3.01. The van der Waals surface area contributed by atoms with Gasteiger partial charge in [0.05, 0.1) is 12.8 Å². The number of carbonyl (C=O) groups is 1. The molecule has 0 unspecified atom stereocenters. The van der Waals surface area contributed by atoms with E-state index in [0.717, 1.165) is 28.8 Å². The Labute approximate surface area is 181 Å². The number of benzene rings is 2. The average Bonchev–Trinajstić information content (AvgIpc) is 2.74. The molecule has 2 aromatic rings. The van der Waals surface area contributed by atoms with Crippen molar-refractivity contribution in [1.29, 1.82) is 0 Å². The van der Waals surface area contributed by atoms with E-state index in [0.29, 0.717) is 5.56 Å². The Morgan fingerprint density at radius 3 is 2.41 bits per heavy atom. The predicted molar refractivity (Wildman–Crippen MR) is 120 cm³/mol. The van der Waals surface area contributed by atoms with Gasteiger partial charge in [-0.1, -0.05) is 67.1 Å². The molecule has 0 spiro atoms. The van der Waals surface area contributed by atoms with Gasteiger partial charge in [-0.05, 0) is 53.9 Å². The van der Waals surface area contributed by atoms with Gasteiger partial charge in [-0.3, -0.25) is 4.79 Å². The number of hydrogen-bond acceptors (Lipinski definition) is 4. The molecule has 5 nitrogen and oxygen atoms in total. The summed E-state index contributed by atoms with van der Waals surface area (Å²) in [6.07, 6.45) is 7.70. The van der Waals surface area contributed by atoms with Gasteiger partial charge in [-0.2, -0.15) is 5.10 Å². The van der Waals surface area contributed by atoms with Crippen LogP contribution in [0.1, 0.15) is 62.7 Å². The van der Waals surface area contributed by atoms with Crippen LogP contribution in [-0.2, 0) is 4.79 Å². The molecule has 6 heteroatoms. The summed E-state index contributed by atoms with van der Waals surface area (Å²) in [4.78, 5) is 12.0. The second-order valence-electron chi connectivity index (χ2n) is 6.87. The van der Waals surface area contributed by atoms with Crippen molar-refractivity contribution in [3.63, 3.8) is 0 Å². The minimum absolute atomic E-state index is 0.507. The van der Waals surface area contributed by atoms with Gasteiger partial charge in [0.15, 0.2) is 6.10 Å². The van der Waals surface area contributed by atoms with E-state index in [1.807, 2.05) is 24.3 Å². The Bertz CT molecular complexity index is 761. The van der Waals surface area contributed by atoms with Gasteiger partial charge in [0.2, 0.25) is 0 Å². The zero-order chi connectivity index (χ0) is 20.9. The summed E-state index contributed by atoms with van der Waals surface area (Å²) >= 11 is 3.32. The number of nitrogens with one attached hydrogen (secondary N) is 1. The summed E-state index contributed by atoms with van der Waals surface area (Å²) in [5.74, 6) is 0.243. The second kappa shape index (κ2) is 13.1. The normalized spacial score (nSPS) is 12.1. The van der Waals surface area contributed by atoms with Crippen molar-refractivity contribution in [1.82, 2.24) is 5.43 Å². The SMILES string of the molecule is CCCCCCCCOc1ccc(/C=N\NC(=O)[C@H](O)c2ccc(Br)cc2)cc1. The van der Waals surface area contributed by atoms with Gasteiger partial charge < -0.3 is 9.84 Å². The molecule has 0 aliphatic heterocycles. The highest BCUT2D eigenvalue weighted by atomic mass is 79.9. The molecular weight excluding hydrogens is 432 g/mol. The highest BCUT2D eigenvalue weighted by Crippen LogP contribution is 2.17. The molecule has 0 radical (unpaired) electrons. The van der Waals surface area contributed by atoms with Crippen LogP contribution < -0.4 is 10.2 Å². The van der Waals surface area contributed by atoms with Crippen LogP contribution >= 0.6 is 15.9 Å². The Hall–Kier alpha value is -2.18. The standard InChI is InChI=1S/C23H29BrN2O3/c1-2-3-4-5-6-7-16-29-21-14-8-18(9-15-21)17-25-26-23(28)22(27)19-10-12-20(24)13-11-19/h8-15,17,22,27H,2-7,16H2,1H3,(H,26,28)/b25-17-/t22-/m1/s1. The highest BCUT2D eigenvalue weighted by molar-refractivity contribution is 9.10. The van der Waals surface area contributed by atoms with Crippen LogP contribution in [0.2, 0.25) is 0 Å². The predicted octanol–water partition coefficient (Wildman–Crippen LogP) is 5.37. The highest BCUT2D eigenvalue weighted by Gasteiger charge is 2.16. The van der Waals surface area contributed by atoms with Crippen LogP contribution in [-0.4, -0.2) is 23.8 Å². The maximum absolute atomic E-state index is 12.0. The second-order valence-corrected chi connectivity index (χ2v) is 7.79. The number of ether oxygens (including phenoxy) is 1. The van der Waals surface area contributed by atoms with E-state index in [4.69, 9.17) is 4.74 Å². The Morgan fingerprint density at radius 1 is 1.07 bits per heavy atom. The molecule has 2 N–H and O–H groups in total. The number of unbranched alkanes of at least 4 members (excludes halogenated alkanes) is 5. The van der Waals surface area contributed by atoms with E-state index in [1.54, 1.807) is 24.3 Å². The first-order valence-corrected chi connectivity index (χ1v) is 10.9. The van der Waals surface area contributed by atoms with Crippen LogP contribution in [0.4, 0.5) is 0 Å². The lowest BCUT2D eigenvalue weighted by atomic mass is 10.1. The molecule has 0 bridgehead atoms. The monoisotopic (exact) mass is 460 g/mol. The van der Waals surface area contributed by atoms with Gasteiger partial charge in [0.1, 0.15) is 5.75 Å². The van der Waals surface area contributed by atoms with Crippen molar-refractivity contribution >= 4 is 28.1 Å². The largest absolute Gasteiger partial charge is 0.494 e. The number of amides is 1. The van der Waals surface area contributed by atoms with Crippen LogP contribution in [0.5, 0.6) is 5.75 Å². The van der Waals surface area contributed by atoms with Crippen molar-refractivity contribution in [3.05, 3.63) is 64.1 Å². The van der Waals surface area contributed by atoms with E-state index < -0.39 is 12.0 Å². The number of nitrogens with zero attached hydrogens (tertiary/aromatic N) is 1. The summed E-state index contributed by atoms with van der Waals surface area (Å²) in [5, 5.41) is 14.0. The van der Waals surface area contributed by atoms with Crippen molar-refractivity contribution in [2.24, 2.45) is 5.10 Å². The van der Waals surface area contributed by atoms with Crippen LogP contribution in [0, 0.1) is 0 Å². The molecule has 0 aromatic heterocycles. The minimum atomic E-state index is -1.27. The smallest absolute Gasteiger partial charge is 0.273 e. The van der Waals surface area contributed by atoms with Crippen molar-refractivity contribution in [3.8, 4) is 5.75 Å². The molecule has 0 saturated heterocycles. The fraction of sp³-hybridized carbons (Fsp3) is 0.391. The lowest BCUT2D eigenvalue weighted by Crippen LogP contribution is -2.25. The maximum atomic E-state index is 12.0. The van der Waals surface area contributed by atoms with E-state index >= 15 is 0 Å². The molecule has 0 saturated carbocycles. The third-order valence-electron chi connectivity index (χ3n) is 4.47. The molecule has 0 aliphatic carbocycles. The molecule has 0 fully saturated rings. The number of aliphatic hydroxyl groups is 1. The van der Waals surface area contributed by atoms with Gasteiger partial charge in [0, 0.05) is 4.47 Å². The van der Waals surface area contributed by atoms with E-state index in [2.05, 4.69) is 33.4 Å². The summed E-state index contributed by atoms with van der Waals surface area (Å²) in [6.45, 7) is 2.95. The molecule has 0 heterocycles. The maximum Gasteiger partial charge on any atom is 0.273 e. The minimum Gasteiger partial charge on any atom is -0.494 e. The number of rotatable bonds is 12. The quantitative estimate of drug-likeness (QED) is 0.254. The Balaban J connectivity index is 1.71. The fourth-order valence-electron chi connectivity index (χ4n) is 2.75. The lowest BCUT2D eigenvalue weighted by molar-refractivity contribution is -0.129. The zero-order valence-corrected chi connectivity index (χ0v) is 18.4. The van der Waals surface area contributed by atoms with Crippen LogP contribution in [0.25, 0.3) is 0 Å². The van der Waals surface area contributed by atoms with E-state index in [1.165, 1.54) is 38.3 Å². The third-order valence-corrected chi connectivity index (χ3v) is 5.00. The van der Waals surface area contributed by atoms with Crippen LogP contribution in [0.15, 0.2) is 58.1 Å². The lowest BCUT2D eigenvalue weighted by Gasteiger charge is -2.09. The number of hydrogen-bond donors (Lipinski definition) is 2. The molecule has 0 aliphatic rings.